The summed E-state index contributed by atoms with van der Waals surface area (Å²) in [6, 6.07) is 0. The maximum atomic E-state index is 12.2. The van der Waals surface area contributed by atoms with Gasteiger partial charge in [0.25, 0.3) is 5.91 Å². The summed E-state index contributed by atoms with van der Waals surface area (Å²) < 4.78 is 0. The van der Waals surface area contributed by atoms with E-state index in [0.29, 0.717) is 5.71 Å². The molecule has 1 unspecified atom stereocenters. The molecular weight excluding hydrogens is 264 g/mol. The minimum atomic E-state index is -0.135. The fraction of sp³-hybridized carbons (Fsp3) is 0.471. The van der Waals surface area contributed by atoms with E-state index in [-0.39, 0.29) is 23.7 Å². The van der Waals surface area contributed by atoms with Crippen LogP contribution in [0.3, 0.4) is 0 Å². The Hall–Kier alpha value is -1.97. The highest BCUT2D eigenvalue weighted by Crippen LogP contribution is 2.38. The number of aliphatic imine (C=N–C) groups is 1. The first-order valence-corrected chi connectivity index (χ1v) is 7.62. The van der Waals surface area contributed by atoms with Crippen LogP contribution in [0.25, 0.3) is 0 Å². The first-order chi connectivity index (χ1) is 10.1. The second-order valence-electron chi connectivity index (χ2n) is 6.13. The largest absolute Gasteiger partial charge is 0.325 e. The highest BCUT2D eigenvalue weighted by atomic mass is 16.2. The number of hydrogen-bond donors (Lipinski definition) is 1. The molecule has 21 heavy (non-hydrogen) atoms. The van der Waals surface area contributed by atoms with Gasteiger partial charge in [-0.2, -0.15) is 0 Å². The van der Waals surface area contributed by atoms with E-state index in [0.717, 1.165) is 37.0 Å². The molecule has 0 radical (unpaired) electrons. The Kier molecular flexibility index (Phi) is 3.62. The van der Waals surface area contributed by atoms with Gasteiger partial charge in [-0.25, -0.2) is 4.99 Å². The molecule has 1 atom stereocenters. The van der Waals surface area contributed by atoms with E-state index >= 15 is 0 Å². The molecule has 0 spiro atoms. The van der Waals surface area contributed by atoms with E-state index < -0.39 is 0 Å². The van der Waals surface area contributed by atoms with Crippen molar-refractivity contribution in [2.24, 2.45) is 16.8 Å². The van der Waals surface area contributed by atoms with Gasteiger partial charge in [0.2, 0.25) is 5.91 Å². The van der Waals surface area contributed by atoms with Crippen molar-refractivity contribution in [1.29, 1.82) is 0 Å². The summed E-state index contributed by atoms with van der Waals surface area (Å²) in [4.78, 5) is 28.0. The van der Waals surface area contributed by atoms with Gasteiger partial charge in [-0.1, -0.05) is 19.9 Å². The Balaban J connectivity index is 1.92. The van der Waals surface area contributed by atoms with E-state index in [4.69, 9.17) is 0 Å². The van der Waals surface area contributed by atoms with Gasteiger partial charge < -0.3 is 5.32 Å². The lowest BCUT2D eigenvalue weighted by Gasteiger charge is -2.33. The van der Waals surface area contributed by atoms with Gasteiger partial charge in [0.15, 0.2) is 0 Å². The summed E-state index contributed by atoms with van der Waals surface area (Å²) >= 11 is 0. The third-order valence-corrected chi connectivity index (χ3v) is 4.25. The van der Waals surface area contributed by atoms with Crippen LogP contribution in [-0.4, -0.2) is 17.5 Å². The number of allylic oxidation sites excluding steroid dienone is 3. The van der Waals surface area contributed by atoms with E-state index in [1.165, 1.54) is 5.57 Å². The molecule has 1 N–H and O–H groups in total. The Morgan fingerprint density at radius 2 is 2.10 bits per heavy atom. The molecule has 0 fully saturated rings. The number of hydrogen-bond acceptors (Lipinski definition) is 2. The number of carbonyl (C=O) groups is 2. The Bertz CT molecular complexity index is 621. The first kappa shape index (κ1) is 14.0. The van der Waals surface area contributed by atoms with Crippen molar-refractivity contribution < 1.29 is 9.59 Å². The Labute approximate surface area is 124 Å². The summed E-state index contributed by atoms with van der Waals surface area (Å²) in [6.07, 6.45) is 9.90. The summed E-state index contributed by atoms with van der Waals surface area (Å²) in [5, 5.41) is 2.97. The smallest absolute Gasteiger partial charge is 0.251 e. The van der Waals surface area contributed by atoms with Crippen molar-refractivity contribution in [1.82, 2.24) is 5.32 Å². The molecule has 2 amide bonds. The van der Waals surface area contributed by atoms with Crippen molar-refractivity contribution in [2.45, 2.75) is 39.5 Å². The molecule has 0 saturated carbocycles. The zero-order valence-electron chi connectivity index (χ0n) is 12.5. The number of nitrogens with zero attached hydrogens (tertiary/aromatic N) is 1. The molecule has 2 aliphatic carbocycles. The van der Waals surface area contributed by atoms with Gasteiger partial charge in [0.1, 0.15) is 0 Å². The van der Waals surface area contributed by atoms with E-state index in [9.17, 15) is 9.59 Å². The summed E-state index contributed by atoms with van der Waals surface area (Å²) in [6.45, 7) is 3.66. The summed E-state index contributed by atoms with van der Waals surface area (Å²) in [5.41, 5.74) is 3.70. The average molecular weight is 284 g/mol. The predicted molar refractivity (Wildman–Crippen MR) is 81.6 cm³/mol. The first-order valence-electron chi connectivity index (χ1n) is 7.62. The van der Waals surface area contributed by atoms with Crippen LogP contribution in [0.5, 0.6) is 0 Å². The highest BCUT2D eigenvalue weighted by Gasteiger charge is 2.33. The van der Waals surface area contributed by atoms with Crippen LogP contribution in [0.2, 0.25) is 0 Å². The summed E-state index contributed by atoms with van der Waals surface area (Å²) in [7, 11) is 0. The predicted octanol–water partition coefficient (Wildman–Crippen LogP) is 2.68. The van der Waals surface area contributed by atoms with Crippen LogP contribution in [-0.2, 0) is 9.59 Å². The molecule has 0 aromatic heterocycles. The summed E-state index contributed by atoms with van der Waals surface area (Å²) in [5.74, 6) is -0.0663. The number of carbonyl (C=O) groups excluding carboxylic acids is 2. The van der Waals surface area contributed by atoms with Gasteiger partial charge in [-0.05, 0) is 43.4 Å². The van der Waals surface area contributed by atoms with Crippen molar-refractivity contribution in [3.05, 3.63) is 35.1 Å². The fourth-order valence-corrected chi connectivity index (χ4v) is 3.08. The molecule has 1 aliphatic heterocycles. The minimum absolute atomic E-state index is 0.0250. The molecule has 0 aromatic carbocycles. The SMILES string of the molecule is CC(C)C(=O)N=C1C=CC2C(=C1)NC(=O)C1=C2CCCC1. The van der Waals surface area contributed by atoms with Crippen LogP contribution in [0.1, 0.15) is 39.5 Å². The molecule has 3 rings (SSSR count). The third-order valence-electron chi connectivity index (χ3n) is 4.25. The Morgan fingerprint density at radius 1 is 1.33 bits per heavy atom. The number of nitrogens with one attached hydrogen (secondary N) is 1. The van der Waals surface area contributed by atoms with Crippen molar-refractivity contribution in [2.75, 3.05) is 0 Å². The topological polar surface area (TPSA) is 58.5 Å². The fourth-order valence-electron chi connectivity index (χ4n) is 3.08. The van der Waals surface area contributed by atoms with Crippen molar-refractivity contribution in [3.63, 3.8) is 0 Å². The molecule has 1 heterocycles. The second kappa shape index (κ2) is 5.43. The maximum absolute atomic E-state index is 12.2. The maximum Gasteiger partial charge on any atom is 0.251 e. The van der Waals surface area contributed by atoms with Gasteiger partial charge in [0.05, 0.1) is 5.71 Å². The normalized spacial score (nSPS) is 26.4. The standard InChI is InChI=1S/C17H20N2O2/c1-10(2)16(20)18-11-7-8-13-12-5-3-4-6-14(12)17(21)19-15(13)9-11/h7-10,13H,3-6H2,1-2H3,(H,19,21). The molecule has 0 aromatic rings. The molecule has 4 nitrogen and oxygen atoms in total. The number of rotatable bonds is 1. The second-order valence-corrected chi connectivity index (χ2v) is 6.13. The lowest BCUT2D eigenvalue weighted by Crippen LogP contribution is -2.37. The molecule has 110 valence electrons. The van der Waals surface area contributed by atoms with Crippen LogP contribution < -0.4 is 5.32 Å². The molecule has 0 bridgehead atoms. The number of fused-ring (bicyclic) bond motifs is 2. The van der Waals surface area contributed by atoms with Crippen molar-refractivity contribution in [3.8, 4) is 0 Å². The monoisotopic (exact) mass is 284 g/mol. The lowest BCUT2D eigenvalue weighted by atomic mass is 9.77. The number of amides is 2. The van der Waals surface area contributed by atoms with Gasteiger partial charge >= 0.3 is 0 Å². The van der Waals surface area contributed by atoms with Gasteiger partial charge in [-0.15, -0.1) is 0 Å². The lowest BCUT2D eigenvalue weighted by molar-refractivity contribution is -0.120. The molecule has 4 heteroatoms. The van der Waals surface area contributed by atoms with E-state index in [2.05, 4.69) is 16.4 Å². The molecular formula is C17H20N2O2. The average Bonchev–Trinajstić information content (AvgIpc) is 2.47. The quantitative estimate of drug-likeness (QED) is 0.804. The van der Waals surface area contributed by atoms with Crippen LogP contribution in [0, 0.1) is 11.8 Å². The van der Waals surface area contributed by atoms with Crippen LogP contribution >= 0.6 is 0 Å². The highest BCUT2D eigenvalue weighted by molar-refractivity contribution is 6.11. The van der Waals surface area contributed by atoms with Crippen molar-refractivity contribution >= 4 is 17.5 Å². The minimum Gasteiger partial charge on any atom is -0.325 e. The van der Waals surface area contributed by atoms with Crippen LogP contribution in [0.15, 0.2) is 40.1 Å². The van der Waals surface area contributed by atoms with E-state index in [1.807, 2.05) is 26.0 Å². The van der Waals surface area contributed by atoms with Gasteiger partial charge in [-0.3, -0.25) is 9.59 Å². The molecule has 3 aliphatic rings. The third kappa shape index (κ3) is 2.62. The van der Waals surface area contributed by atoms with Crippen LogP contribution in [0.4, 0.5) is 0 Å². The zero-order valence-corrected chi connectivity index (χ0v) is 12.5. The van der Waals surface area contributed by atoms with Gasteiger partial charge in [0, 0.05) is 23.1 Å². The van der Waals surface area contributed by atoms with E-state index in [1.54, 1.807) is 0 Å². The Morgan fingerprint density at radius 3 is 2.86 bits per heavy atom. The zero-order chi connectivity index (χ0) is 15.0. The molecule has 0 saturated heterocycles.